The molecule has 0 bridgehead atoms. The van der Waals surface area contributed by atoms with Crippen LogP contribution in [0.3, 0.4) is 0 Å². The molecular formula is C27H36FN. The van der Waals surface area contributed by atoms with Crippen LogP contribution in [0.1, 0.15) is 81.5 Å². The lowest BCUT2D eigenvalue weighted by atomic mass is 9.49. The summed E-state index contributed by atoms with van der Waals surface area (Å²) in [5.74, 6) is 1.14. The van der Waals surface area contributed by atoms with Crippen LogP contribution in [-0.4, -0.2) is 6.54 Å². The summed E-state index contributed by atoms with van der Waals surface area (Å²) in [6.45, 7) is 11.5. The van der Waals surface area contributed by atoms with Crippen molar-refractivity contribution in [3.63, 3.8) is 0 Å². The molecule has 1 nitrogen and oxygen atoms in total. The van der Waals surface area contributed by atoms with Gasteiger partial charge in [-0.1, -0.05) is 64.4 Å². The van der Waals surface area contributed by atoms with E-state index in [2.05, 4.69) is 51.2 Å². The molecule has 4 rings (SSSR count). The van der Waals surface area contributed by atoms with E-state index in [0.717, 1.165) is 18.7 Å². The molecule has 0 radical (unpaired) electrons. The number of rotatable bonds is 5. The maximum atomic E-state index is 13.2. The molecule has 2 aliphatic carbocycles. The summed E-state index contributed by atoms with van der Waals surface area (Å²) in [7, 11) is 0. The van der Waals surface area contributed by atoms with Gasteiger partial charge in [0, 0.05) is 13.1 Å². The number of nitrogens with one attached hydrogen (secondary N) is 1. The van der Waals surface area contributed by atoms with Gasteiger partial charge < -0.3 is 5.32 Å². The van der Waals surface area contributed by atoms with Crippen LogP contribution in [0, 0.1) is 17.2 Å². The van der Waals surface area contributed by atoms with E-state index < -0.39 is 0 Å². The molecule has 0 amide bonds. The summed E-state index contributed by atoms with van der Waals surface area (Å²) in [6.07, 6.45) is 6.40. The van der Waals surface area contributed by atoms with E-state index in [-0.39, 0.29) is 11.2 Å². The first-order valence-electron chi connectivity index (χ1n) is 11.4. The third-order valence-electron chi connectivity index (χ3n) is 7.94. The Bertz CT molecular complexity index is 855. The second-order valence-corrected chi connectivity index (χ2v) is 10.3. The summed E-state index contributed by atoms with van der Waals surface area (Å²) in [5, 5.41) is 3.71. The maximum absolute atomic E-state index is 13.2. The number of hydrogen-bond acceptors (Lipinski definition) is 1. The smallest absolute Gasteiger partial charge is 0.123 e. The Labute approximate surface area is 176 Å². The van der Waals surface area contributed by atoms with E-state index in [1.807, 2.05) is 12.1 Å². The van der Waals surface area contributed by atoms with Crippen molar-refractivity contribution in [2.75, 3.05) is 6.54 Å². The van der Waals surface area contributed by atoms with Crippen LogP contribution in [0.15, 0.2) is 42.5 Å². The average molecular weight is 394 g/mol. The third-order valence-corrected chi connectivity index (χ3v) is 7.94. The Morgan fingerprint density at radius 3 is 2.55 bits per heavy atom. The SMILES string of the molecule is CC(C)c1ccc2c(c1)CC[C@@H]1[C@](C)(CNCc3ccc(F)cc3)CCC[C@]21C. The monoisotopic (exact) mass is 393 g/mol. The molecule has 0 aliphatic heterocycles. The molecule has 2 aromatic carbocycles. The van der Waals surface area contributed by atoms with E-state index in [4.69, 9.17) is 0 Å². The molecule has 1 saturated carbocycles. The summed E-state index contributed by atoms with van der Waals surface area (Å²) in [5.41, 5.74) is 6.44. The molecule has 2 heteroatoms. The van der Waals surface area contributed by atoms with E-state index in [1.165, 1.54) is 37.7 Å². The predicted octanol–water partition coefficient (Wildman–Crippen LogP) is 6.75. The second kappa shape index (κ2) is 7.87. The van der Waals surface area contributed by atoms with Crippen molar-refractivity contribution in [3.8, 4) is 0 Å². The first-order valence-corrected chi connectivity index (χ1v) is 11.4. The minimum absolute atomic E-state index is 0.162. The molecular weight excluding hydrogens is 357 g/mol. The Balaban J connectivity index is 1.52. The molecule has 1 fully saturated rings. The van der Waals surface area contributed by atoms with Crippen LogP contribution >= 0.6 is 0 Å². The molecule has 2 aliphatic rings. The van der Waals surface area contributed by atoms with Gasteiger partial charge in [0.25, 0.3) is 0 Å². The fraction of sp³-hybridized carbons (Fsp3) is 0.556. The van der Waals surface area contributed by atoms with Gasteiger partial charge in [-0.2, -0.15) is 0 Å². The van der Waals surface area contributed by atoms with E-state index in [0.29, 0.717) is 17.3 Å². The van der Waals surface area contributed by atoms with Crippen LogP contribution in [0.4, 0.5) is 4.39 Å². The molecule has 156 valence electrons. The predicted molar refractivity (Wildman–Crippen MR) is 120 cm³/mol. The Hall–Kier alpha value is -1.67. The number of benzene rings is 2. The van der Waals surface area contributed by atoms with Gasteiger partial charge >= 0.3 is 0 Å². The van der Waals surface area contributed by atoms with Crippen LogP contribution in [0.2, 0.25) is 0 Å². The highest BCUT2D eigenvalue weighted by Crippen LogP contribution is 2.57. The van der Waals surface area contributed by atoms with Crippen LogP contribution in [0.5, 0.6) is 0 Å². The second-order valence-electron chi connectivity index (χ2n) is 10.3. The largest absolute Gasteiger partial charge is 0.312 e. The average Bonchev–Trinajstić information content (AvgIpc) is 2.69. The molecule has 0 aromatic heterocycles. The molecule has 3 atom stereocenters. The van der Waals surface area contributed by atoms with Gasteiger partial charge in [0.1, 0.15) is 5.82 Å². The van der Waals surface area contributed by atoms with Crippen LogP contribution in [-0.2, 0) is 18.4 Å². The van der Waals surface area contributed by atoms with Crippen molar-refractivity contribution in [1.82, 2.24) is 5.32 Å². The topological polar surface area (TPSA) is 12.0 Å². The third kappa shape index (κ3) is 3.89. The molecule has 2 aromatic rings. The molecule has 1 N–H and O–H groups in total. The van der Waals surface area contributed by atoms with E-state index in [1.54, 1.807) is 23.3 Å². The summed E-state index contributed by atoms with van der Waals surface area (Å²) < 4.78 is 13.2. The highest BCUT2D eigenvalue weighted by Gasteiger charge is 2.51. The minimum atomic E-state index is -0.162. The fourth-order valence-electron chi connectivity index (χ4n) is 6.31. The van der Waals surface area contributed by atoms with Crippen molar-refractivity contribution in [3.05, 3.63) is 70.5 Å². The number of aryl methyl sites for hydroxylation is 1. The Kier molecular flexibility index (Phi) is 5.59. The van der Waals surface area contributed by atoms with Gasteiger partial charge in [-0.15, -0.1) is 0 Å². The molecule has 0 spiro atoms. The number of hydrogen-bond donors (Lipinski definition) is 1. The normalized spacial score (nSPS) is 28.8. The van der Waals surface area contributed by atoms with Gasteiger partial charge in [0.05, 0.1) is 0 Å². The minimum Gasteiger partial charge on any atom is -0.312 e. The van der Waals surface area contributed by atoms with Crippen molar-refractivity contribution in [2.45, 2.75) is 77.7 Å². The standard InChI is InChI=1S/C27H36FN/c1-19(2)21-8-12-24-22(16-21)9-13-25-26(3,14-5-15-27(24,25)4)18-29-17-20-6-10-23(28)11-7-20/h6-8,10-12,16,19,25,29H,5,9,13-15,17-18H2,1-4H3/t25-,26+,27-/m1/s1. The Morgan fingerprint density at radius 2 is 1.83 bits per heavy atom. The van der Waals surface area contributed by atoms with Crippen molar-refractivity contribution < 1.29 is 4.39 Å². The maximum Gasteiger partial charge on any atom is 0.123 e. The molecule has 0 unspecified atom stereocenters. The first-order chi connectivity index (χ1) is 13.8. The van der Waals surface area contributed by atoms with E-state index >= 15 is 0 Å². The fourth-order valence-corrected chi connectivity index (χ4v) is 6.31. The zero-order valence-corrected chi connectivity index (χ0v) is 18.5. The van der Waals surface area contributed by atoms with Gasteiger partial charge in [0.2, 0.25) is 0 Å². The van der Waals surface area contributed by atoms with Crippen molar-refractivity contribution in [1.29, 1.82) is 0 Å². The molecule has 0 heterocycles. The van der Waals surface area contributed by atoms with Gasteiger partial charge in [-0.25, -0.2) is 4.39 Å². The Morgan fingerprint density at radius 1 is 1.07 bits per heavy atom. The van der Waals surface area contributed by atoms with Crippen molar-refractivity contribution >= 4 is 0 Å². The van der Waals surface area contributed by atoms with Gasteiger partial charge in [0.15, 0.2) is 0 Å². The zero-order chi connectivity index (χ0) is 20.6. The lowest BCUT2D eigenvalue weighted by Crippen LogP contribution is -2.52. The zero-order valence-electron chi connectivity index (χ0n) is 18.5. The lowest BCUT2D eigenvalue weighted by molar-refractivity contribution is 0.0257. The first kappa shape index (κ1) is 20.6. The summed E-state index contributed by atoms with van der Waals surface area (Å²) >= 11 is 0. The van der Waals surface area contributed by atoms with Crippen LogP contribution in [0.25, 0.3) is 0 Å². The number of halogens is 1. The molecule has 29 heavy (non-hydrogen) atoms. The van der Waals surface area contributed by atoms with Gasteiger partial charge in [-0.05, 0) is 82.7 Å². The summed E-state index contributed by atoms with van der Waals surface area (Å²) in [6, 6.07) is 14.2. The van der Waals surface area contributed by atoms with Crippen LogP contribution < -0.4 is 5.32 Å². The number of fused-ring (bicyclic) bond motifs is 3. The highest BCUT2D eigenvalue weighted by atomic mass is 19.1. The summed E-state index contributed by atoms with van der Waals surface area (Å²) in [4.78, 5) is 0. The van der Waals surface area contributed by atoms with E-state index in [9.17, 15) is 4.39 Å². The lowest BCUT2D eigenvalue weighted by Gasteiger charge is -2.55. The van der Waals surface area contributed by atoms with Crippen molar-refractivity contribution in [2.24, 2.45) is 11.3 Å². The highest BCUT2D eigenvalue weighted by molar-refractivity contribution is 5.42. The molecule has 0 saturated heterocycles. The van der Waals surface area contributed by atoms with Gasteiger partial charge in [-0.3, -0.25) is 0 Å². The quantitative estimate of drug-likeness (QED) is 0.592.